The molecule has 2 rings (SSSR count). The Morgan fingerprint density at radius 2 is 2.00 bits per heavy atom. The molecule has 0 radical (unpaired) electrons. The summed E-state index contributed by atoms with van der Waals surface area (Å²) in [4.78, 5) is 15.4. The van der Waals surface area contributed by atoms with Crippen LogP contribution in [-0.2, 0) is 4.74 Å². The lowest BCUT2D eigenvalue weighted by atomic mass is 10.2. The summed E-state index contributed by atoms with van der Waals surface area (Å²) in [5.41, 5.74) is 5.33. The number of hydrogen-bond donors (Lipinski definition) is 2. The lowest BCUT2D eigenvalue weighted by Gasteiger charge is -2.12. The molecule has 0 saturated carbocycles. The molecule has 0 aliphatic heterocycles. The van der Waals surface area contributed by atoms with Gasteiger partial charge >= 0.3 is 5.97 Å². The van der Waals surface area contributed by atoms with Crippen molar-refractivity contribution in [3.63, 3.8) is 0 Å². The number of nitrogens with two attached hydrogens (primary N) is 1. The first-order valence-corrected chi connectivity index (χ1v) is 6.47. The predicted molar refractivity (Wildman–Crippen MR) is 77.3 cm³/mol. The maximum atomic E-state index is 13.8. The van der Waals surface area contributed by atoms with Crippen molar-refractivity contribution in [3.8, 4) is 0 Å². The van der Waals surface area contributed by atoms with Crippen LogP contribution in [0.3, 0.4) is 0 Å². The standard InChI is InChI=1S/C13H10BrF2N3O2/c1-21-13(20)7-2-3-18-12(10(7)17)19-11-8(15)4-6(14)5-9(11)16/h2-5H,17H2,1H3,(H,18,19). The van der Waals surface area contributed by atoms with Crippen molar-refractivity contribution in [2.45, 2.75) is 0 Å². The third kappa shape index (κ3) is 3.10. The molecule has 0 unspecified atom stereocenters. The van der Waals surface area contributed by atoms with Crippen LogP contribution in [0.4, 0.5) is 26.0 Å². The average Bonchev–Trinajstić information content (AvgIpc) is 2.43. The molecule has 0 bridgehead atoms. The Hall–Kier alpha value is -2.22. The highest BCUT2D eigenvalue weighted by atomic mass is 79.9. The molecule has 2 aromatic rings. The summed E-state index contributed by atoms with van der Waals surface area (Å²) in [5.74, 6) is -2.37. The summed E-state index contributed by atoms with van der Waals surface area (Å²) in [6.07, 6.45) is 1.28. The molecule has 0 amide bonds. The van der Waals surface area contributed by atoms with Crippen LogP contribution in [0.5, 0.6) is 0 Å². The van der Waals surface area contributed by atoms with Gasteiger partial charge in [-0.05, 0) is 18.2 Å². The first-order valence-electron chi connectivity index (χ1n) is 5.68. The van der Waals surface area contributed by atoms with Gasteiger partial charge in [0.15, 0.2) is 17.5 Å². The molecule has 1 heterocycles. The van der Waals surface area contributed by atoms with E-state index in [0.717, 1.165) is 12.1 Å². The number of carbonyl (C=O) groups excluding carboxylic acids is 1. The maximum absolute atomic E-state index is 13.8. The second kappa shape index (κ2) is 6.04. The Balaban J connectivity index is 2.44. The van der Waals surface area contributed by atoms with Crippen molar-refractivity contribution < 1.29 is 18.3 Å². The third-order valence-electron chi connectivity index (χ3n) is 2.65. The second-order valence-corrected chi connectivity index (χ2v) is 4.90. The smallest absolute Gasteiger partial charge is 0.340 e. The molecule has 8 heteroatoms. The Labute approximate surface area is 127 Å². The lowest BCUT2D eigenvalue weighted by Crippen LogP contribution is -2.10. The number of ether oxygens (including phenoxy) is 1. The Morgan fingerprint density at radius 3 is 2.57 bits per heavy atom. The zero-order chi connectivity index (χ0) is 15.6. The van der Waals surface area contributed by atoms with Gasteiger partial charge in [-0.2, -0.15) is 0 Å². The first kappa shape index (κ1) is 15.2. The topological polar surface area (TPSA) is 77.2 Å². The van der Waals surface area contributed by atoms with E-state index in [1.54, 1.807) is 0 Å². The largest absolute Gasteiger partial charge is 0.465 e. The molecule has 1 aromatic carbocycles. The summed E-state index contributed by atoms with van der Waals surface area (Å²) in [6.45, 7) is 0. The molecule has 3 N–H and O–H groups in total. The highest BCUT2D eigenvalue weighted by Gasteiger charge is 2.17. The molecular weight excluding hydrogens is 348 g/mol. The molecule has 0 atom stereocenters. The van der Waals surface area contributed by atoms with Crippen LogP contribution in [0.2, 0.25) is 0 Å². The van der Waals surface area contributed by atoms with E-state index in [2.05, 4.69) is 31.0 Å². The number of carbonyl (C=O) groups is 1. The van der Waals surface area contributed by atoms with Crippen LogP contribution >= 0.6 is 15.9 Å². The maximum Gasteiger partial charge on any atom is 0.340 e. The molecule has 0 aliphatic rings. The number of benzene rings is 1. The average molecular weight is 358 g/mol. The number of rotatable bonds is 3. The first-order chi connectivity index (χ1) is 9.93. The number of methoxy groups -OCH3 is 1. The van der Waals surface area contributed by atoms with E-state index in [0.29, 0.717) is 0 Å². The quantitative estimate of drug-likeness (QED) is 0.824. The number of anilines is 3. The summed E-state index contributed by atoms with van der Waals surface area (Å²) >= 11 is 2.98. The minimum absolute atomic E-state index is 0.0435. The van der Waals surface area contributed by atoms with Crippen LogP contribution in [0.25, 0.3) is 0 Å². The zero-order valence-corrected chi connectivity index (χ0v) is 12.4. The van der Waals surface area contributed by atoms with Crippen LogP contribution in [-0.4, -0.2) is 18.1 Å². The number of nitrogen functional groups attached to an aromatic ring is 1. The fourth-order valence-corrected chi connectivity index (χ4v) is 2.04. The fourth-order valence-electron chi connectivity index (χ4n) is 1.64. The van der Waals surface area contributed by atoms with Crippen LogP contribution in [0, 0.1) is 11.6 Å². The number of esters is 1. The monoisotopic (exact) mass is 357 g/mol. The highest BCUT2D eigenvalue weighted by Crippen LogP contribution is 2.29. The molecular formula is C13H10BrF2N3O2. The van der Waals surface area contributed by atoms with Gasteiger partial charge < -0.3 is 15.8 Å². The van der Waals surface area contributed by atoms with Crippen molar-refractivity contribution >= 4 is 39.1 Å². The minimum atomic E-state index is -0.827. The number of nitrogens with one attached hydrogen (secondary N) is 1. The third-order valence-corrected chi connectivity index (χ3v) is 3.10. The van der Waals surface area contributed by atoms with Crippen LogP contribution in [0.1, 0.15) is 10.4 Å². The van der Waals surface area contributed by atoms with Gasteiger partial charge in [0.1, 0.15) is 5.69 Å². The summed E-state index contributed by atoms with van der Waals surface area (Å²) in [5, 5.41) is 2.44. The van der Waals surface area contributed by atoms with Crippen molar-refractivity contribution in [1.82, 2.24) is 4.98 Å². The van der Waals surface area contributed by atoms with Gasteiger partial charge in [0, 0.05) is 10.7 Å². The van der Waals surface area contributed by atoms with Crippen molar-refractivity contribution in [2.75, 3.05) is 18.2 Å². The van der Waals surface area contributed by atoms with Crippen LogP contribution in [0.15, 0.2) is 28.9 Å². The SMILES string of the molecule is COC(=O)c1ccnc(Nc2c(F)cc(Br)cc2F)c1N. The zero-order valence-electron chi connectivity index (χ0n) is 10.8. The summed E-state index contributed by atoms with van der Waals surface area (Å²) < 4.78 is 32.3. The molecule has 1 aromatic heterocycles. The highest BCUT2D eigenvalue weighted by molar-refractivity contribution is 9.10. The van der Waals surface area contributed by atoms with Gasteiger partial charge in [-0.25, -0.2) is 18.6 Å². The van der Waals surface area contributed by atoms with E-state index in [1.165, 1.54) is 19.4 Å². The normalized spacial score (nSPS) is 10.3. The molecule has 5 nitrogen and oxygen atoms in total. The van der Waals surface area contributed by atoms with E-state index in [4.69, 9.17) is 5.73 Å². The molecule has 0 fully saturated rings. The summed E-state index contributed by atoms with van der Waals surface area (Å²) in [7, 11) is 1.20. The van der Waals surface area contributed by atoms with Crippen molar-refractivity contribution in [1.29, 1.82) is 0 Å². The lowest BCUT2D eigenvalue weighted by molar-refractivity contribution is 0.0602. The Morgan fingerprint density at radius 1 is 1.38 bits per heavy atom. The fraction of sp³-hybridized carbons (Fsp3) is 0.0769. The van der Waals surface area contributed by atoms with E-state index < -0.39 is 23.3 Å². The van der Waals surface area contributed by atoms with Crippen molar-refractivity contribution in [2.24, 2.45) is 0 Å². The van der Waals surface area contributed by atoms with Gasteiger partial charge in [0.05, 0.1) is 18.4 Å². The van der Waals surface area contributed by atoms with Gasteiger partial charge in [-0.15, -0.1) is 0 Å². The Kier molecular flexibility index (Phi) is 4.37. The minimum Gasteiger partial charge on any atom is -0.465 e. The van der Waals surface area contributed by atoms with Gasteiger partial charge in [-0.1, -0.05) is 15.9 Å². The molecule has 110 valence electrons. The molecule has 0 spiro atoms. The number of hydrogen-bond acceptors (Lipinski definition) is 5. The van der Waals surface area contributed by atoms with E-state index in [-0.39, 0.29) is 21.5 Å². The summed E-state index contributed by atoms with van der Waals surface area (Å²) in [6, 6.07) is 3.53. The number of nitrogens with zero attached hydrogens (tertiary/aromatic N) is 1. The van der Waals surface area contributed by atoms with E-state index >= 15 is 0 Å². The van der Waals surface area contributed by atoms with Crippen LogP contribution < -0.4 is 11.1 Å². The molecule has 0 saturated heterocycles. The Bertz CT molecular complexity index is 687. The van der Waals surface area contributed by atoms with Crippen molar-refractivity contribution in [3.05, 3.63) is 46.1 Å². The number of halogens is 3. The molecule has 21 heavy (non-hydrogen) atoms. The van der Waals surface area contributed by atoms with Gasteiger partial charge in [0.25, 0.3) is 0 Å². The van der Waals surface area contributed by atoms with E-state index in [9.17, 15) is 13.6 Å². The predicted octanol–water partition coefficient (Wildman–Crippen LogP) is 3.23. The number of aromatic nitrogens is 1. The van der Waals surface area contributed by atoms with Gasteiger partial charge in [-0.3, -0.25) is 0 Å². The second-order valence-electron chi connectivity index (χ2n) is 3.98. The van der Waals surface area contributed by atoms with Gasteiger partial charge in [0.2, 0.25) is 0 Å². The number of pyridine rings is 1. The van der Waals surface area contributed by atoms with E-state index in [1.807, 2.05) is 0 Å². The molecule has 0 aliphatic carbocycles.